The van der Waals surface area contributed by atoms with Crippen molar-refractivity contribution in [2.75, 3.05) is 0 Å². The van der Waals surface area contributed by atoms with E-state index in [4.69, 9.17) is 0 Å². The lowest BCUT2D eigenvalue weighted by atomic mass is 10.1. The Kier molecular flexibility index (Phi) is 4.10. The Balaban J connectivity index is 1.79. The Labute approximate surface area is 131 Å². The van der Waals surface area contributed by atoms with Crippen LogP contribution in [0.25, 0.3) is 0 Å². The zero-order valence-electron chi connectivity index (χ0n) is 12.8. The van der Waals surface area contributed by atoms with Gasteiger partial charge in [0.25, 0.3) is 0 Å². The van der Waals surface area contributed by atoms with E-state index in [-0.39, 0.29) is 0 Å². The average molecular weight is 286 g/mol. The van der Waals surface area contributed by atoms with Crippen molar-refractivity contribution in [3.05, 3.63) is 84.0 Å². The summed E-state index contributed by atoms with van der Waals surface area (Å²) in [6.07, 6.45) is 7.99. The van der Waals surface area contributed by atoms with E-state index >= 15 is 0 Å². The van der Waals surface area contributed by atoms with E-state index < -0.39 is 0 Å². The third-order valence-corrected chi connectivity index (χ3v) is 3.37. The van der Waals surface area contributed by atoms with E-state index in [1.165, 1.54) is 11.1 Å². The van der Waals surface area contributed by atoms with Crippen LogP contribution in [0.15, 0.2) is 82.8 Å². The van der Waals surface area contributed by atoms with Gasteiger partial charge in [-0.25, -0.2) is 9.98 Å². The second-order valence-corrected chi connectivity index (χ2v) is 5.42. The van der Waals surface area contributed by atoms with E-state index in [0.717, 1.165) is 22.8 Å². The van der Waals surface area contributed by atoms with Crippen molar-refractivity contribution in [2.24, 2.45) is 9.98 Å². The van der Waals surface area contributed by atoms with Crippen LogP contribution in [0.5, 0.6) is 0 Å². The van der Waals surface area contributed by atoms with Crippen LogP contribution in [0.2, 0.25) is 0 Å². The van der Waals surface area contributed by atoms with Crippen molar-refractivity contribution in [2.45, 2.75) is 13.8 Å². The largest absolute Gasteiger partial charge is 0.249 e. The van der Waals surface area contributed by atoms with Gasteiger partial charge in [-0.15, -0.1) is 0 Å². The number of allylic oxidation sites excluding steroid dienone is 4. The van der Waals surface area contributed by atoms with Crippen molar-refractivity contribution in [1.29, 1.82) is 0 Å². The first-order chi connectivity index (χ1) is 10.7. The predicted octanol–water partition coefficient (Wildman–Crippen LogP) is 5.27. The zero-order chi connectivity index (χ0) is 15.4. The minimum atomic E-state index is 0.939. The molecule has 22 heavy (non-hydrogen) atoms. The predicted molar refractivity (Wildman–Crippen MR) is 94.8 cm³/mol. The number of aryl methyl sites for hydroxylation is 2. The zero-order valence-corrected chi connectivity index (χ0v) is 12.8. The van der Waals surface area contributed by atoms with E-state index in [0.29, 0.717) is 0 Å². The molecular weight excluding hydrogens is 268 g/mol. The van der Waals surface area contributed by atoms with Gasteiger partial charge in [0.1, 0.15) is 0 Å². The molecule has 0 aromatic heterocycles. The number of hydrogen-bond donors (Lipinski definition) is 0. The first kappa shape index (κ1) is 14.2. The summed E-state index contributed by atoms with van der Waals surface area (Å²) >= 11 is 0. The maximum Gasteiger partial charge on any atom is 0.0639 e. The molecule has 0 heterocycles. The molecule has 0 saturated carbocycles. The van der Waals surface area contributed by atoms with Gasteiger partial charge in [0, 0.05) is 0 Å². The van der Waals surface area contributed by atoms with E-state index in [1.54, 1.807) is 0 Å². The van der Waals surface area contributed by atoms with Gasteiger partial charge in [-0.1, -0.05) is 24.3 Å². The van der Waals surface area contributed by atoms with Crippen LogP contribution in [-0.2, 0) is 0 Å². The molecule has 1 aliphatic rings. The van der Waals surface area contributed by atoms with Gasteiger partial charge >= 0.3 is 0 Å². The number of nitrogens with zero attached hydrogens (tertiary/aromatic N) is 2. The monoisotopic (exact) mass is 286 g/mol. The summed E-state index contributed by atoms with van der Waals surface area (Å²) < 4.78 is 0. The number of benzene rings is 2. The lowest BCUT2D eigenvalue weighted by Gasteiger charge is -2.04. The second kappa shape index (κ2) is 6.35. The van der Waals surface area contributed by atoms with E-state index in [9.17, 15) is 0 Å². The van der Waals surface area contributed by atoms with E-state index in [2.05, 4.69) is 48.1 Å². The minimum absolute atomic E-state index is 0.939. The molecule has 0 fully saturated rings. The summed E-state index contributed by atoms with van der Waals surface area (Å²) in [6.45, 7) is 4.14. The van der Waals surface area contributed by atoms with Gasteiger partial charge in [-0.05, 0) is 73.5 Å². The molecule has 0 N–H and O–H groups in total. The Morgan fingerprint density at radius 1 is 0.591 bits per heavy atom. The fourth-order valence-corrected chi connectivity index (χ4v) is 2.29. The highest BCUT2D eigenvalue weighted by atomic mass is 14.8. The highest BCUT2D eigenvalue weighted by molar-refractivity contribution is 6.19. The first-order valence-corrected chi connectivity index (χ1v) is 7.36. The molecule has 2 nitrogen and oxygen atoms in total. The van der Waals surface area contributed by atoms with Crippen molar-refractivity contribution >= 4 is 22.8 Å². The molecular formula is C20H18N2. The SMILES string of the molecule is Cc1cccc(N=C2C=CC(=Nc3cccc(C)c3)C=C2)c1. The summed E-state index contributed by atoms with van der Waals surface area (Å²) in [5.41, 5.74) is 6.26. The molecule has 0 unspecified atom stereocenters. The summed E-state index contributed by atoms with van der Waals surface area (Å²) in [5.74, 6) is 0. The second-order valence-electron chi connectivity index (χ2n) is 5.42. The van der Waals surface area contributed by atoms with Crippen LogP contribution < -0.4 is 0 Å². The molecule has 2 heteroatoms. The van der Waals surface area contributed by atoms with Crippen LogP contribution in [0.1, 0.15) is 11.1 Å². The maximum absolute atomic E-state index is 4.62. The van der Waals surface area contributed by atoms with Crippen LogP contribution in [-0.4, -0.2) is 11.4 Å². The van der Waals surface area contributed by atoms with Crippen molar-refractivity contribution in [1.82, 2.24) is 0 Å². The lowest BCUT2D eigenvalue weighted by Crippen LogP contribution is -1.99. The summed E-state index contributed by atoms with van der Waals surface area (Å²) in [4.78, 5) is 9.25. The Hall–Kier alpha value is -2.74. The molecule has 3 rings (SSSR count). The summed E-state index contributed by atoms with van der Waals surface area (Å²) in [6, 6.07) is 16.4. The van der Waals surface area contributed by atoms with Crippen molar-refractivity contribution < 1.29 is 0 Å². The van der Waals surface area contributed by atoms with Gasteiger partial charge in [0.05, 0.1) is 22.8 Å². The maximum atomic E-state index is 4.62. The molecule has 2 aromatic carbocycles. The smallest absolute Gasteiger partial charge is 0.0639 e. The summed E-state index contributed by atoms with van der Waals surface area (Å²) in [7, 11) is 0. The molecule has 0 spiro atoms. The van der Waals surface area contributed by atoms with Crippen molar-refractivity contribution in [3.63, 3.8) is 0 Å². The lowest BCUT2D eigenvalue weighted by molar-refractivity contribution is 1.42. The van der Waals surface area contributed by atoms with Gasteiger partial charge in [0.15, 0.2) is 0 Å². The highest BCUT2D eigenvalue weighted by Gasteiger charge is 2.00. The Bertz CT molecular complexity index is 722. The standard InChI is InChI=1S/C20H18N2/c1-15-5-3-7-19(13-15)21-17-9-11-18(12-10-17)22-20-8-4-6-16(2)14-20/h3-14H,1-2H3. The molecule has 108 valence electrons. The number of hydrogen-bond acceptors (Lipinski definition) is 2. The van der Waals surface area contributed by atoms with Gasteiger partial charge in [-0.3, -0.25) is 0 Å². The first-order valence-electron chi connectivity index (χ1n) is 7.36. The van der Waals surface area contributed by atoms with Crippen LogP contribution >= 0.6 is 0 Å². The van der Waals surface area contributed by atoms with Crippen LogP contribution in [0.4, 0.5) is 11.4 Å². The Morgan fingerprint density at radius 2 is 1.00 bits per heavy atom. The third kappa shape index (κ3) is 3.67. The van der Waals surface area contributed by atoms with Crippen LogP contribution in [0.3, 0.4) is 0 Å². The van der Waals surface area contributed by atoms with E-state index in [1.807, 2.05) is 48.6 Å². The molecule has 0 atom stereocenters. The normalized spacial score (nSPS) is 13.4. The number of rotatable bonds is 2. The number of aliphatic imine (C=N–C) groups is 2. The Morgan fingerprint density at radius 3 is 1.36 bits per heavy atom. The fraction of sp³-hybridized carbons (Fsp3) is 0.100. The fourth-order valence-electron chi connectivity index (χ4n) is 2.29. The molecule has 0 bridgehead atoms. The third-order valence-electron chi connectivity index (χ3n) is 3.37. The summed E-state index contributed by atoms with van der Waals surface area (Å²) in [5, 5.41) is 0. The molecule has 2 aromatic rings. The molecule has 0 radical (unpaired) electrons. The average Bonchev–Trinajstić information content (AvgIpc) is 2.49. The van der Waals surface area contributed by atoms with Crippen molar-refractivity contribution in [3.8, 4) is 0 Å². The minimum Gasteiger partial charge on any atom is -0.249 e. The molecule has 0 amide bonds. The molecule has 1 aliphatic carbocycles. The quantitative estimate of drug-likeness (QED) is 0.671. The highest BCUT2D eigenvalue weighted by Crippen LogP contribution is 2.17. The topological polar surface area (TPSA) is 24.7 Å². The van der Waals surface area contributed by atoms with Gasteiger partial charge in [0.2, 0.25) is 0 Å². The molecule has 0 aliphatic heterocycles. The van der Waals surface area contributed by atoms with Gasteiger partial charge in [-0.2, -0.15) is 0 Å². The molecule has 0 saturated heterocycles. The van der Waals surface area contributed by atoms with Crippen LogP contribution in [0, 0.1) is 13.8 Å². The van der Waals surface area contributed by atoms with Gasteiger partial charge < -0.3 is 0 Å².